The van der Waals surface area contributed by atoms with Gasteiger partial charge in [-0.3, -0.25) is 4.79 Å². The molecule has 0 amide bonds. The quantitative estimate of drug-likeness (QED) is 0.437. The molecule has 1 rings (SSSR count). The van der Waals surface area contributed by atoms with Gasteiger partial charge >= 0.3 is 11.9 Å². The van der Waals surface area contributed by atoms with Gasteiger partial charge in [0.25, 0.3) is 4.73 Å². The molecule has 0 aliphatic heterocycles. The number of carbonyl (C=O) groups excluding carboxylic acids is 1. The fourth-order valence-corrected chi connectivity index (χ4v) is 1.04. The van der Waals surface area contributed by atoms with Crippen molar-refractivity contribution in [3.05, 3.63) is 14.8 Å². The van der Waals surface area contributed by atoms with Gasteiger partial charge in [0.2, 0.25) is 0 Å². The highest BCUT2D eigenvalue weighted by molar-refractivity contribution is 9.10. The summed E-state index contributed by atoms with van der Waals surface area (Å²) >= 11 is 2.92. The number of carbonyl (C=O) groups is 1. The van der Waals surface area contributed by atoms with Crippen molar-refractivity contribution in [3.63, 3.8) is 0 Å². The van der Waals surface area contributed by atoms with Crippen molar-refractivity contribution >= 4 is 27.8 Å². The van der Waals surface area contributed by atoms with Crippen LogP contribution < -0.4 is 0 Å². The van der Waals surface area contributed by atoms with Crippen molar-refractivity contribution in [1.29, 1.82) is 0 Å². The highest BCUT2D eigenvalue weighted by Crippen LogP contribution is 2.11. The number of methoxy groups -OCH3 is 1. The molecule has 9 heteroatoms. The largest absolute Gasteiger partial charge is 0.492 e. The smallest absolute Gasteiger partial charge is 0.468 e. The number of hydrogen-bond donors (Lipinski definition) is 0. The number of halogens is 1. The molecule has 8 nitrogen and oxygen atoms in total. The molecule has 0 unspecified atom stereocenters. The Morgan fingerprint density at radius 3 is 2.86 bits per heavy atom. The second kappa shape index (κ2) is 4.13. The van der Waals surface area contributed by atoms with Crippen LogP contribution in [0.1, 0.15) is 0 Å². The van der Waals surface area contributed by atoms with Gasteiger partial charge in [-0.05, 0) is 9.91 Å². The maximum atomic E-state index is 10.8. The second-order valence-corrected chi connectivity index (χ2v) is 2.88. The van der Waals surface area contributed by atoms with Gasteiger partial charge < -0.3 is 14.9 Å². The third-order valence-corrected chi connectivity index (χ3v) is 1.87. The Bertz CT molecular complexity index is 376. The van der Waals surface area contributed by atoms with Crippen LogP contribution in [0.4, 0.5) is 5.95 Å². The molecule has 1 aromatic rings. The number of nitrogens with zero attached hydrogens (tertiary/aromatic N) is 4. The third kappa shape index (κ3) is 2.25. The molecule has 0 spiro atoms. The van der Waals surface area contributed by atoms with Crippen LogP contribution in [0.25, 0.3) is 0 Å². The van der Waals surface area contributed by atoms with Crippen molar-refractivity contribution < 1.29 is 14.5 Å². The monoisotopic (exact) mass is 264 g/mol. The molecule has 76 valence electrons. The Kier molecular flexibility index (Phi) is 3.12. The first-order valence-corrected chi connectivity index (χ1v) is 4.15. The predicted molar refractivity (Wildman–Crippen MR) is 46.4 cm³/mol. The molecular weight excluding hydrogens is 260 g/mol. The molecule has 0 fully saturated rings. The summed E-state index contributed by atoms with van der Waals surface area (Å²) in [7, 11) is 1.21. The third-order valence-electron chi connectivity index (χ3n) is 1.29. The molecule has 0 bridgehead atoms. The molecular formula is C5H5BrN4O4. The van der Waals surface area contributed by atoms with E-state index in [9.17, 15) is 14.9 Å². The van der Waals surface area contributed by atoms with Gasteiger partial charge in [-0.15, -0.1) is 4.68 Å². The Morgan fingerprint density at radius 2 is 2.43 bits per heavy atom. The minimum Gasteiger partial charge on any atom is -0.468 e. The first-order chi connectivity index (χ1) is 6.54. The number of esters is 1. The molecule has 0 saturated carbocycles. The van der Waals surface area contributed by atoms with Crippen molar-refractivity contribution in [2.45, 2.75) is 6.54 Å². The molecule has 0 aliphatic rings. The fraction of sp³-hybridized carbons (Fsp3) is 0.400. The van der Waals surface area contributed by atoms with E-state index in [1.807, 2.05) is 0 Å². The number of nitro groups is 1. The molecule has 0 atom stereocenters. The second-order valence-electron chi connectivity index (χ2n) is 2.17. The summed E-state index contributed by atoms with van der Waals surface area (Å²) < 4.78 is 5.50. The van der Waals surface area contributed by atoms with Gasteiger partial charge in [0.1, 0.15) is 0 Å². The molecule has 0 aromatic carbocycles. The van der Waals surface area contributed by atoms with Gasteiger partial charge in [-0.25, -0.2) is 0 Å². The number of hydrogen-bond acceptors (Lipinski definition) is 6. The molecule has 1 aromatic heterocycles. The zero-order valence-electron chi connectivity index (χ0n) is 7.01. The lowest BCUT2D eigenvalue weighted by atomic mass is 10.7. The van der Waals surface area contributed by atoms with E-state index in [0.717, 1.165) is 4.68 Å². The van der Waals surface area contributed by atoms with E-state index in [1.54, 1.807) is 0 Å². The van der Waals surface area contributed by atoms with Crippen LogP contribution in [0, 0.1) is 10.1 Å². The lowest BCUT2D eigenvalue weighted by Crippen LogP contribution is -2.13. The molecule has 14 heavy (non-hydrogen) atoms. The van der Waals surface area contributed by atoms with Crippen LogP contribution in [-0.2, 0) is 16.1 Å². The minimum absolute atomic E-state index is 0.106. The maximum Gasteiger partial charge on any atom is 0.492 e. The minimum atomic E-state index is -0.751. The normalized spacial score (nSPS) is 9.86. The predicted octanol–water partition coefficient (Wildman–Crippen LogP) is 0.122. The summed E-state index contributed by atoms with van der Waals surface area (Å²) in [6, 6.07) is 0. The SMILES string of the molecule is COC(=O)Cn1nc([N+](=O)[O-])nc1Br. The molecule has 0 saturated heterocycles. The van der Waals surface area contributed by atoms with Crippen molar-refractivity contribution in [3.8, 4) is 0 Å². The molecule has 0 aliphatic carbocycles. The van der Waals surface area contributed by atoms with Crippen LogP contribution >= 0.6 is 15.9 Å². The summed E-state index contributed by atoms with van der Waals surface area (Å²) in [5, 5.41) is 13.7. The molecule has 0 N–H and O–H groups in total. The molecule has 1 heterocycles. The fourth-order valence-electron chi connectivity index (χ4n) is 0.677. The Labute approximate surface area is 86.1 Å². The average Bonchev–Trinajstić information content (AvgIpc) is 2.48. The van der Waals surface area contributed by atoms with E-state index in [-0.39, 0.29) is 11.3 Å². The summed E-state index contributed by atoms with van der Waals surface area (Å²) in [6.07, 6.45) is 0. The van der Waals surface area contributed by atoms with Crippen LogP contribution in [0.3, 0.4) is 0 Å². The average molecular weight is 265 g/mol. The lowest BCUT2D eigenvalue weighted by molar-refractivity contribution is -0.394. The standard InChI is InChI=1S/C5H5BrN4O4/c1-14-3(11)2-9-4(6)7-5(8-9)10(12)13/h2H2,1H3. The maximum absolute atomic E-state index is 10.8. The van der Waals surface area contributed by atoms with Crippen LogP contribution in [0.15, 0.2) is 4.73 Å². The van der Waals surface area contributed by atoms with Gasteiger partial charge in [0.15, 0.2) is 6.54 Å². The summed E-state index contributed by atoms with van der Waals surface area (Å²) in [5.74, 6) is -1.13. The topological polar surface area (TPSA) is 100 Å². The van der Waals surface area contributed by atoms with Gasteiger partial charge in [0, 0.05) is 21.0 Å². The van der Waals surface area contributed by atoms with E-state index in [4.69, 9.17) is 0 Å². The lowest BCUT2D eigenvalue weighted by Gasteiger charge is -1.94. The summed E-state index contributed by atoms with van der Waals surface area (Å²) in [4.78, 5) is 23.8. The zero-order chi connectivity index (χ0) is 10.7. The van der Waals surface area contributed by atoms with Gasteiger partial charge in [0.05, 0.1) is 7.11 Å². The van der Waals surface area contributed by atoms with Crippen molar-refractivity contribution in [2.24, 2.45) is 0 Å². The Hall–Kier alpha value is -1.51. The zero-order valence-corrected chi connectivity index (χ0v) is 8.59. The van der Waals surface area contributed by atoms with Crippen LogP contribution in [0.2, 0.25) is 0 Å². The first-order valence-electron chi connectivity index (χ1n) is 3.36. The molecule has 0 radical (unpaired) electrons. The van der Waals surface area contributed by atoms with Gasteiger partial charge in [-0.1, -0.05) is 0 Å². The highest BCUT2D eigenvalue weighted by atomic mass is 79.9. The number of rotatable bonds is 3. The summed E-state index contributed by atoms with van der Waals surface area (Å²) in [5.41, 5.74) is 0. The van der Waals surface area contributed by atoms with Crippen molar-refractivity contribution in [1.82, 2.24) is 14.8 Å². The van der Waals surface area contributed by atoms with E-state index in [1.165, 1.54) is 7.11 Å². The van der Waals surface area contributed by atoms with E-state index in [0.29, 0.717) is 0 Å². The van der Waals surface area contributed by atoms with E-state index < -0.39 is 16.8 Å². The van der Waals surface area contributed by atoms with Crippen molar-refractivity contribution in [2.75, 3.05) is 7.11 Å². The van der Waals surface area contributed by atoms with Gasteiger partial charge in [-0.2, -0.15) is 0 Å². The Balaban J connectivity index is 2.88. The van der Waals surface area contributed by atoms with E-state index >= 15 is 0 Å². The number of ether oxygens (including phenoxy) is 1. The number of aromatic nitrogens is 3. The first kappa shape index (κ1) is 10.6. The Morgan fingerprint density at radius 1 is 1.79 bits per heavy atom. The van der Waals surface area contributed by atoms with E-state index in [2.05, 4.69) is 30.7 Å². The van der Waals surface area contributed by atoms with Crippen LogP contribution in [0.5, 0.6) is 0 Å². The highest BCUT2D eigenvalue weighted by Gasteiger charge is 2.21. The summed E-state index contributed by atoms with van der Waals surface area (Å²) in [6.45, 7) is -0.224. The van der Waals surface area contributed by atoms with Crippen LogP contribution in [-0.4, -0.2) is 32.8 Å².